The highest BCUT2D eigenvalue weighted by molar-refractivity contribution is 8.00. The maximum absolute atomic E-state index is 11.5. The fourth-order valence-corrected chi connectivity index (χ4v) is 1.70. The molecule has 0 bridgehead atoms. The number of aromatic amines is 2. The number of H-pyrrole nitrogens is 2. The largest absolute Gasteiger partial charge is 0.462 e. The van der Waals surface area contributed by atoms with Crippen LogP contribution in [0.2, 0.25) is 0 Å². The van der Waals surface area contributed by atoms with Crippen LogP contribution in [0.3, 0.4) is 0 Å². The Labute approximate surface area is 101 Å². The molecule has 0 amide bonds. The lowest BCUT2D eigenvalue weighted by atomic mass is 10.4. The number of rotatable bonds is 4. The van der Waals surface area contributed by atoms with Gasteiger partial charge in [-0.15, -0.1) is 0 Å². The minimum Gasteiger partial charge on any atom is -0.462 e. The van der Waals surface area contributed by atoms with Gasteiger partial charge in [-0.2, -0.15) is 5.10 Å². The molecule has 0 aliphatic heterocycles. The fourth-order valence-electron chi connectivity index (χ4n) is 0.960. The van der Waals surface area contributed by atoms with Crippen molar-refractivity contribution in [3.8, 4) is 0 Å². The standard InChI is InChI=1S/C9H13N3O4S/c1-4(2)16-8(14)5(3)17-7-6(13)10-9(15)12-11-7/h4-5H,1-3H3,(H2,10,12,13,15)/t5-/m1/s1. The Hall–Kier alpha value is -1.57. The lowest BCUT2D eigenvalue weighted by Crippen LogP contribution is -2.27. The number of carbonyl (C=O) groups is 1. The number of aromatic nitrogens is 3. The summed E-state index contributed by atoms with van der Waals surface area (Å²) in [6.07, 6.45) is -0.215. The minimum atomic E-state index is -0.684. The molecule has 0 aliphatic rings. The Morgan fingerprint density at radius 1 is 1.35 bits per heavy atom. The van der Waals surface area contributed by atoms with E-state index in [9.17, 15) is 14.4 Å². The number of nitrogens with zero attached hydrogens (tertiary/aromatic N) is 1. The second-order valence-electron chi connectivity index (χ2n) is 3.56. The number of esters is 1. The van der Waals surface area contributed by atoms with Gasteiger partial charge in [0.25, 0.3) is 5.56 Å². The van der Waals surface area contributed by atoms with Gasteiger partial charge in [-0.1, -0.05) is 11.8 Å². The van der Waals surface area contributed by atoms with E-state index in [0.29, 0.717) is 0 Å². The first-order chi connectivity index (χ1) is 7.90. The van der Waals surface area contributed by atoms with Crippen LogP contribution in [0, 0.1) is 0 Å². The molecule has 8 heteroatoms. The van der Waals surface area contributed by atoms with Crippen LogP contribution in [0.25, 0.3) is 0 Å². The number of carbonyl (C=O) groups excluding carboxylic acids is 1. The summed E-state index contributed by atoms with van der Waals surface area (Å²) in [7, 11) is 0. The zero-order valence-corrected chi connectivity index (χ0v) is 10.5. The van der Waals surface area contributed by atoms with Crippen LogP contribution >= 0.6 is 11.8 Å². The number of nitrogens with one attached hydrogen (secondary N) is 2. The third-order valence-electron chi connectivity index (χ3n) is 1.65. The van der Waals surface area contributed by atoms with E-state index in [1.807, 2.05) is 4.98 Å². The van der Waals surface area contributed by atoms with E-state index in [1.165, 1.54) is 0 Å². The quantitative estimate of drug-likeness (QED) is 0.577. The highest BCUT2D eigenvalue weighted by Crippen LogP contribution is 2.18. The lowest BCUT2D eigenvalue weighted by Gasteiger charge is -2.12. The van der Waals surface area contributed by atoms with Gasteiger partial charge in [0.2, 0.25) is 0 Å². The van der Waals surface area contributed by atoms with Gasteiger partial charge in [-0.3, -0.25) is 14.6 Å². The molecule has 7 nitrogen and oxygen atoms in total. The van der Waals surface area contributed by atoms with Crippen molar-refractivity contribution in [1.82, 2.24) is 15.2 Å². The number of hydrogen-bond acceptors (Lipinski definition) is 6. The zero-order valence-electron chi connectivity index (χ0n) is 9.64. The maximum Gasteiger partial charge on any atom is 0.342 e. The zero-order chi connectivity index (χ0) is 13.0. The van der Waals surface area contributed by atoms with Gasteiger partial charge in [0.05, 0.1) is 6.10 Å². The molecule has 1 heterocycles. The second-order valence-corrected chi connectivity index (χ2v) is 4.89. The molecular weight excluding hydrogens is 246 g/mol. The summed E-state index contributed by atoms with van der Waals surface area (Å²) in [5, 5.41) is 5.10. The Balaban J connectivity index is 2.74. The minimum absolute atomic E-state index is 0.0257. The molecule has 17 heavy (non-hydrogen) atoms. The first-order valence-corrected chi connectivity index (χ1v) is 5.84. The molecule has 0 unspecified atom stereocenters. The Morgan fingerprint density at radius 3 is 2.53 bits per heavy atom. The van der Waals surface area contributed by atoms with E-state index < -0.39 is 22.5 Å². The first kappa shape index (κ1) is 13.5. The Kier molecular flexibility index (Phi) is 4.50. The van der Waals surface area contributed by atoms with Gasteiger partial charge in [0, 0.05) is 0 Å². The van der Waals surface area contributed by atoms with Crippen LogP contribution in [0.4, 0.5) is 0 Å². The molecule has 1 aromatic heterocycles. The van der Waals surface area contributed by atoms with Crippen molar-refractivity contribution in [1.29, 1.82) is 0 Å². The van der Waals surface area contributed by atoms with Crippen LogP contribution in [0.15, 0.2) is 14.6 Å². The molecule has 0 fully saturated rings. The summed E-state index contributed by atoms with van der Waals surface area (Å²) in [4.78, 5) is 35.5. The fraction of sp³-hybridized carbons (Fsp3) is 0.556. The van der Waals surface area contributed by atoms with Crippen LogP contribution in [-0.2, 0) is 9.53 Å². The van der Waals surface area contributed by atoms with Crippen molar-refractivity contribution in [3.05, 3.63) is 20.8 Å². The molecule has 2 N–H and O–H groups in total. The van der Waals surface area contributed by atoms with Gasteiger partial charge in [0.15, 0.2) is 5.03 Å². The summed E-state index contributed by atoms with van der Waals surface area (Å²) < 4.78 is 4.98. The summed E-state index contributed by atoms with van der Waals surface area (Å²) in [6.45, 7) is 5.07. The predicted octanol–water partition coefficient (Wildman–Crippen LogP) is -0.110. The summed E-state index contributed by atoms with van der Waals surface area (Å²) in [5.41, 5.74) is -1.31. The average Bonchev–Trinajstić information content (AvgIpc) is 2.21. The summed E-state index contributed by atoms with van der Waals surface area (Å²) >= 11 is 0.929. The molecule has 0 radical (unpaired) electrons. The van der Waals surface area contributed by atoms with E-state index >= 15 is 0 Å². The van der Waals surface area contributed by atoms with Gasteiger partial charge in [-0.05, 0) is 20.8 Å². The third-order valence-corrected chi connectivity index (χ3v) is 2.70. The number of thioether (sulfide) groups is 1. The van der Waals surface area contributed by atoms with E-state index in [0.717, 1.165) is 11.8 Å². The van der Waals surface area contributed by atoms with Crippen molar-refractivity contribution in [3.63, 3.8) is 0 Å². The molecule has 94 valence electrons. The Bertz CT molecular complexity index is 507. The molecule has 0 saturated heterocycles. The van der Waals surface area contributed by atoms with E-state index in [2.05, 4.69) is 10.2 Å². The predicted molar refractivity (Wildman–Crippen MR) is 62.0 cm³/mol. The maximum atomic E-state index is 11.5. The van der Waals surface area contributed by atoms with Crippen LogP contribution in [-0.4, -0.2) is 32.5 Å². The third kappa shape index (κ3) is 4.06. The molecule has 0 spiro atoms. The first-order valence-electron chi connectivity index (χ1n) is 4.96. The number of ether oxygens (including phenoxy) is 1. The van der Waals surface area contributed by atoms with Crippen LogP contribution < -0.4 is 11.2 Å². The molecule has 1 aromatic rings. The van der Waals surface area contributed by atoms with E-state index in [-0.39, 0.29) is 11.1 Å². The molecule has 0 saturated carbocycles. The van der Waals surface area contributed by atoms with Crippen molar-refractivity contribution in [2.24, 2.45) is 0 Å². The van der Waals surface area contributed by atoms with Gasteiger partial charge >= 0.3 is 11.7 Å². The van der Waals surface area contributed by atoms with Crippen molar-refractivity contribution in [2.45, 2.75) is 37.2 Å². The monoisotopic (exact) mass is 259 g/mol. The van der Waals surface area contributed by atoms with E-state index in [4.69, 9.17) is 4.74 Å². The van der Waals surface area contributed by atoms with E-state index in [1.54, 1.807) is 20.8 Å². The number of hydrogen-bond donors (Lipinski definition) is 2. The average molecular weight is 259 g/mol. The highest BCUT2D eigenvalue weighted by atomic mass is 32.2. The normalized spacial score (nSPS) is 12.5. The van der Waals surface area contributed by atoms with Gasteiger partial charge in [-0.25, -0.2) is 9.89 Å². The molecule has 0 aliphatic carbocycles. The van der Waals surface area contributed by atoms with Crippen LogP contribution in [0.5, 0.6) is 0 Å². The SMILES string of the molecule is CC(C)OC(=O)[C@@H](C)Sc1n[nH]c(=O)[nH]c1=O. The molecular formula is C9H13N3O4S. The van der Waals surface area contributed by atoms with Gasteiger partial charge < -0.3 is 4.74 Å². The molecule has 0 aromatic carbocycles. The highest BCUT2D eigenvalue weighted by Gasteiger charge is 2.19. The topological polar surface area (TPSA) is 105 Å². The summed E-state index contributed by atoms with van der Waals surface area (Å²) in [6, 6.07) is 0. The van der Waals surface area contributed by atoms with Crippen LogP contribution in [0.1, 0.15) is 20.8 Å². The Morgan fingerprint density at radius 2 is 2.00 bits per heavy atom. The van der Waals surface area contributed by atoms with Crippen molar-refractivity contribution >= 4 is 17.7 Å². The molecule has 1 rings (SSSR count). The molecule has 1 atom stereocenters. The smallest absolute Gasteiger partial charge is 0.342 e. The summed E-state index contributed by atoms with van der Waals surface area (Å²) in [5.74, 6) is -0.433. The lowest BCUT2D eigenvalue weighted by molar-refractivity contribution is -0.146. The van der Waals surface area contributed by atoms with Crippen molar-refractivity contribution < 1.29 is 9.53 Å². The van der Waals surface area contributed by atoms with Crippen molar-refractivity contribution in [2.75, 3.05) is 0 Å². The second kappa shape index (κ2) is 5.67. The van der Waals surface area contributed by atoms with Gasteiger partial charge in [0.1, 0.15) is 5.25 Å².